The number of thiazole rings is 1. The molecule has 0 radical (unpaired) electrons. The van der Waals surface area contributed by atoms with Crippen LogP contribution >= 0.6 is 57.7 Å². The number of fused-ring (bicyclic) bond motifs is 1. The van der Waals surface area contributed by atoms with Gasteiger partial charge in [-0.05, 0) is 59.7 Å². The topological polar surface area (TPSA) is 44.1 Å². The summed E-state index contributed by atoms with van der Waals surface area (Å²) in [6, 6.07) is 0. The van der Waals surface area contributed by atoms with Crippen molar-refractivity contribution in [2.45, 2.75) is 26.3 Å². The first-order chi connectivity index (χ1) is 8.63. The lowest BCUT2D eigenvalue weighted by atomic mass is 10.3. The van der Waals surface area contributed by atoms with E-state index in [-0.39, 0.29) is 5.97 Å². The zero-order chi connectivity index (χ0) is 13.1. The van der Waals surface area contributed by atoms with Crippen LogP contribution in [0.25, 0.3) is 10.3 Å². The molecule has 0 amide bonds. The van der Waals surface area contributed by atoms with E-state index in [4.69, 9.17) is 17.0 Å². The van der Waals surface area contributed by atoms with Crippen LogP contribution in [0.1, 0.15) is 19.8 Å². The predicted octanol–water partition coefficient (Wildman–Crippen LogP) is 3.84. The van der Waals surface area contributed by atoms with Gasteiger partial charge in [-0.15, -0.1) is 11.3 Å². The fourth-order valence-electron chi connectivity index (χ4n) is 1.55. The molecule has 0 saturated carbocycles. The molecule has 0 N–H and O–H groups in total. The monoisotopic (exact) mass is 414 g/mol. The summed E-state index contributed by atoms with van der Waals surface area (Å²) < 4.78 is 14.4. The first-order valence-electron chi connectivity index (χ1n) is 5.43. The molecule has 0 fully saturated rings. The number of halogens is 1. The van der Waals surface area contributed by atoms with Crippen molar-refractivity contribution >= 4 is 74.0 Å². The van der Waals surface area contributed by atoms with E-state index in [9.17, 15) is 4.79 Å². The number of rotatable bonds is 5. The Balaban J connectivity index is 2.05. The maximum Gasteiger partial charge on any atom is 0.305 e. The van der Waals surface area contributed by atoms with Gasteiger partial charge < -0.3 is 9.30 Å². The van der Waals surface area contributed by atoms with E-state index in [0.29, 0.717) is 13.0 Å². The summed E-state index contributed by atoms with van der Waals surface area (Å²) in [6.45, 7) is 2.97. The summed E-state index contributed by atoms with van der Waals surface area (Å²) in [7, 11) is 0. The van der Waals surface area contributed by atoms with Gasteiger partial charge in [0.05, 0.1) is 11.3 Å². The number of hydrogen-bond donors (Lipinski definition) is 0. The quantitative estimate of drug-likeness (QED) is 0.424. The van der Waals surface area contributed by atoms with Crippen molar-refractivity contribution in [1.82, 2.24) is 8.94 Å². The standard InChI is InChI=1S/C10H11IN2O2S3/c1-2-15-6(14)4-3-5-13-9-7(17-10(13)16)8(11)18-12-9/h2-5H2,1H3. The van der Waals surface area contributed by atoms with E-state index in [1.54, 1.807) is 11.3 Å². The molecule has 2 aromatic rings. The SMILES string of the molecule is CCOC(=O)CCCn1c(=S)sc2c(I)snc21. The predicted molar refractivity (Wildman–Crippen MR) is 84.9 cm³/mol. The first-order valence-corrected chi connectivity index (χ1v) is 8.51. The second kappa shape index (κ2) is 6.40. The van der Waals surface area contributed by atoms with Crippen molar-refractivity contribution in [2.75, 3.05) is 6.61 Å². The Morgan fingerprint density at radius 2 is 2.39 bits per heavy atom. The number of esters is 1. The average Bonchev–Trinajstić information content (AvgIpc) is 2.82. The Morgan fingerprint density at radius 3 is 3.11 bits per heavy atom. The van der Waals surface area contributed by atoms with Gasteiger partial charge in [0.1, 0.15) is 2.88 Å². The third-order valence-corrected chi connectivity index (χ3v) is 6.04. The first kappa shape index (κ1) is 14.4. The molecule has 0 aliphatic heterocycles. The summed E-state index contributed by atoms with van der Waals surface area (Å²) >= 11 is 10.7. The second-order valence-corrected chi connectivity index (χ2v) is 7.77. The lowest BCUT2D eigenvalue weighted by Gasteiger charge is -2.03. The summed E-state index contributed by atoms with van der Waals surface area (Å²) in [5.41, 5.74) is 0.947. The van der Waals surface area contributed by atoms with E-state index in [2.05, 4.69) is 27.0 Å². The zero-order valence-corrected chi connectivity index (χ0v) is 14.2. The highest BCUT2D eigenvalue weighted by Gasteiger charge is 2.12. The van der Waals surface area contributed by atoms with Gasteiger partial charge in [-0.25, -0.2) is 0 Å². The van der Waals surface area contributed by atoms with Gasteiger partial charge in [-0.2, -0.15) is 4.37 Å². The van der Waals surface area contributed by atoms with Gasteiger partial charge in [0.15, 0.2) is 9.60 Å². The van der Waals surface area contributed by atoms with Crippen LogP contribution in [0.5, 0.6) is 0 Å². The summed E-state index contributed by atoms with van der Waals surface area (Å²) in [5.74, 6) is -0.150. The molecular weight excluding hydrogens is 403 g/mol. The van der Waals surface area contributed by atoms with E-state index in [1.807, 2.05) is 11.5 Å². The highest BCUT2D eigenvalue weighted by molar-refractivity contribution is 14.1. The maximum atomic E-state index is 11.3. The Morgan fingerprint density at radius 1 is 1.61 bits per heavy atom. The van der Waals surface area contributed by atoms with Crippen molar-refractivity contribution in [3.05, 3.63) is 6.84 Å². The van der Waals surface area contributed by atoms with Crippen LogP contribution in [0.4, 0.5) is 0 Å². The van der Waals surface area contributed by atoms with Gasteiger partial charge in [0.2, 0.25) is 0 Å². The minimum Gasteiger partial charge on any atom is -0.466 e. The molecule has 0 aliphatic carbocycles. The molecule has 0 bridgehead atoms. The van der Waals surface area contributed by atoms with Crippen molar-refractivity contribution in [2.24, 2.45) is 0 Å². The average molecular weight is 414 g/mol. The Hall–Kier alpha value is -0.0600. The number of carbonyl (C=O) groups excluding carboxylic acids is 1. The molecule has 18 heavy (non-hydrogen) atoms. The largest absolute Gasteiger partial charge is 0.466 e. The van der Waals surface area contributed by atoms with Crippen molar-refractivity contribution in [1.29, 1.82) is 0 Å². The number of aromatic nitrogens is 2. The van der Waals surface area contributed by atoms with Crippen LogP contribution in [0.2, 0.25) is 0 Å². The van der Waals surface area contributed by atoms with Gasteiger partial charge in [-0.1, -0.05) is 0 Å². The number of nitrogens with zero attached hydrogens (tertiary/aromatic N) is 2. The maximum absolute atomic E-state index is 11.3. The van der Waals surface area contributed by atoms with Crippen LogP contribution in [-0.4, -0.2) is 21.5 Å². The molecule has 0 saturated heterocycles. The van der Waals surface area contributed by atoms with Crippen molar-refractivity contribution < 1.29 is 9.53 Å². The number of aryl methyl sites for hydroxylation is 1. The van der Waals surface area contributed by atoms with Crippen LogP contribution < -0.4 is 0 Å². The molecular formula is C10H11IN2O2S3. The third kappa shape index (κ3) is 3.09. The number of hydrogen-bond acceptors (Lipinski definition) is 6. The van der Waals surface area contributed by atoms with Crippen molar-refractivity contribution in [3.63, 3.8) is 0 Å². The molecule has 0 atom stereocenters. The van der Waals surface area contributed by atoms with Crippen LogP contribution in [0.15, 0.2) is 0 Å². The number of ether oxygens (including phenoxy) is 1. The van der Waals surface area contributed by atoms with Gasteiger partial charge in [-0.3, -0.25) is 4.79 Å². The summed E-state index contributed by atoms with van der Waals surface area (Å²) in [6.07, 6.45) is 1.15. The van der Waals surface area contributed by atoms with Gasteiger partial charge in [0, 0.05) is 13.0 Å². The summed E-state index contributed by atoms with van der Waals surface area (Å²) in [4.78, 5) is 11.3. The van der Waals surface area contributed by atoms with Gasteiger partial charge >= 0.3 is 5.97 Å². The molecule has 0 aromatic carbocycles. The molecule has 2 heterocycles. The van der Waals surface area contributed by atoms with E-state index in [0.717, 1.165) is 27.3 Å². The normalized spacial score (nSPS) is 11.0. The minimum atomic E-state index is -0.150. The smallest absolute Gasteiger partial charge is 0.305 e. The zero-order valence-electron chi connectivity index (χ0n) is 9.64. The lowest BCUT2D eigenvalue weighted by molar-refractivity contribution is -0.143. The lowest BCUT2D eigenvalue weighted by Crippen LogP contribution is -2.06. The molecule has 0 unspecified atom stereocenters. The second-order valence-electron chi connectivity index (χ2n) is 3.54. The molecule has 4 nitrogen and oxygen atoms in total. The fraction of sp³-hybridized carbons (Fsp3) is 0.500. The van der Waals surface area contributed by atoms with Crippen LogP contribution in [-0.2, 0) is 16.1 Å². The number of carbonyl (C=O) groups is 1. The highest BCUT2D eigenvalue weighted by atomic mass is 127. The Kier molecular flexibility index (Phi) is 5.10. The Labute approximate surface area is 131 Å². The summed E-state index contributed by atoms with van der Waals surface area (Å²) in [5, 5.41) is 0. The highest BCUT2D eigenvalue weighted by Crippen LogP contribution is 2.30. The molecule has 0 spiro atoms. The molecule has 8 heteroatoms. The van der Waals surface area contributed by atoms with Crippen LogP contribution in [0, 0.1) is 6.84 Å². The van der Waals surface area contributed by atoms with E-state index >= 15 is 0 Å². The van der Waals surface area contributed by atoms with Crippen LogP contribution in [0.3, 0.4) is 0 Å². The molecule has 98 valence electrons. The van der Waals surface area contributed by atoms with Crippen molar-refractivity contribution in [3.8, 4) is 0 Å². The fourth-order valence-corrected chi connectivity index (χ4v) is 4.46. The molecule has 2 rings (SSSR count). The van der Waals surface area contributed by atoms with Gasteiger partial charge in [0.25, 0.3) is 0 Å². The molecule has 2 aromatic heterocycles. The van der Waals surface area contributed by atoms with E-state index < -0.39 is 0 Å². The minimum absolute atomic E-state index is 0.150. The third-order valence-electron chi connectivity index (χ3n) is 2.33. The molecule has 0 aliphatic rings. The van der Waals surface area contributed by atoms with E-state index in [1.165, 1.54) is 14.4 Å². The Bertz CT molecular complexity index is 616.